The minimum absolute atomic E-state index is 0.0470. The molecule has 32 heavy (non-hydrogen) atoms. The average Bonchev–Trinajstić information content (AvgIpc) is 3.29. The number of hydrogen-bond donors (Lipinski definition) is 1. The Labute approximate surface area is 186 Å². The molecule has 1 atom stereocenters. The molecule has 0 amide bonds. The summed E-state index contributed by atoms with van der Waals surface area (Å²) >= 11 is 0. The van der Waals surface area contributed by atoms with Gasteiger partial charge in [0.1, 0.15) is 0 Å². The first-order valence-electron chi connectivity index (χ1n) is 10.9. The molecular formula is C22H28F2N8. The van der Waals surface area contributed by atoms with Crippen LogP contribution in [0.25, 0.3) is 11.4 Å². The maximum absolute atomic E-state index is 14.1. The number of aromatic nitrogens is 6. The van der Waals surface area contributed by atoms with Gasteiger partial charge in [-0.1, -0.05) is 13.8 Å². The zero-order valence-corrected chi connectivity index (χ0v) is 18.5. The Kier molecular flexibility index (Phi) is 6.69. The highest BCUT2D eigenvalue weighted by Crippen LogP contribution is 2.39. The minimum atomic E-state index is -2.63. The number of nitrogens with zero attached hydrogens (tertiary/aromatic N) is 7. The van der Waals surface area contributed by atoms with Crippen LogP contribution in [-0.4, -0.2) is 61.4 Å². The second-order valence-corrected chi connectivity index (χ2v) is 8.69. The number of aromatic amines is 1. The van der Waals surface area contributed by atoms with E-state index in [1.165, 1.54) is 0 Å². The molecule has 1 aromatic carbocycles. The van der Waals surface area contributed by atoms with Crippen molar-refractivity contribution in [3.05, 3.63) is 47.3 Å². The van der Waals surface area contributed by atoms with E-state index in [4.69, 9.17) is 0 Å². The van der Waals surface area contributed by atoms with E-state index in [2.05, 4.69) is 61.4 Å². The highest BCUT2D eigenvalue weighted by atomic mass is 19.3. The molecule has 0 radical (unpaired) electrons. The molecule has 1 fully saturated rings. The minimum Gasteiger partial charge on any atom is -0.368 e. The Balaban J connectivity index is 1.66. The van der Waals surface area contributed by atoms with Crippen LogP contribution in [0.1, 0.15) is 44.0 Å². The highest BCUT2D eigenvalue weighted by molar-refractivity contribution is 5.79. The van der Waals surface area contributed by atoms with Crippen LogP contribution in [0, 0.1) is 5.92 Å². The predicted molar refractivity (Wildman–Crippen MR) is 117 cm³/mol. The number of benzene rings is 1. The van der Waals surface area contributed by atoms with Crippen molar-refractivity contribution in [1.82, 2.24) is 35.7 Å². The summed E-state index contributed by atoms with van der Waals surface area (Å²) < 4.78 is 28.3. The number of H-pyrrole nitrogens is 1. The molecular weight excluding hydrogens is 414 g/mol. The van der Waals surface area contributed by atoms with E-state index in [0.717, 1.165) is 29.9 Å². The molecule has 10 heteroatoms. The monoisotopic (exact) mass is 442 g/mol. The lowest BCUT2D eigenvalue weighted by Gasteiger charge is -2.41. The molecule has 8 nitrogen and oxygen atoms in total. The van der Waals surface area contributed by atoms with Crippen LogP contribution in [0.4, 0.5) is 14.5 Å². The van der Waals surface area contributed by atoms with Crippen LogP contribution in [0.5, 0.6) is 0 Å². The van der Waals surface area contributed by atoms with E-state index in [9.17, 15) is 8.78 Å². The molecule has 0 spiro atoms. The second kappa shape index (κ2) is 9.64. The Morgan fingerprint density at radius 2 is 2.03 bits per heavy atom. The third-order valence-electron chi connectivity index (χ3n) is 5.75. The second-order valence-electron chi connectivity index (χ2n) is 8.69. The van der Waals surface area contributed by atoms with Crippen LogP contribution in [0.2, 0.25) is 0 Å². The lowest BCUT2D eigenvalue weighted by Crippen LogP contribution is -2.51. The molecule has 1 N–H and O–H groups in total. The molecule has 1 saturated heterocycles. The molecule has 4 rings (SSSR count). The smallest absolute Gasteiger partial charge is 0.264 e. The topological polar surface area (TPSA) is 86.7 Å². The number of tetrazole rings is 1. The van der Waals surface area contributed by atoms with Gasteiger partial charge in [0.05, 0.1) is 11.3 Å². The van der Waals surface area contributed by atoms with E-state index in [1.807, 2.05) is 18.2 Å². The van der Waals surface area contributed by atoms with Gasteiger partial charge in [-0.05, 0) is 54.3 Å². The molecule has 1 aliphatic rings. The van der Waals surface area contributed by atoms with Crippen LogP contribution < -0.4 is 4.90 Å². The molecule has 2 aromatic heterocycles. The maximum atomic E-state index is 14.1. The molecule has 1 unspecified atom stereocenters. The fourth-order valence-electron chi connectivity index (χ4n) is 4.31. The van der Waals surface area contributed by atoms with E-state index in [0.29, 0.717) is 31.1 Å². The average molecular weight is 443 g/mol. The fourth-order valence-corrected chi connectivity index (χ4v) is 4.31. The van der Waals surface area contributed by atoms with E-state index >= 15 is 0 Å². The summed E-state index contributed by atoms with van der Waals surface area (Å²) in [6, 6.07) is 7.65. The van der Waals surface area contributed by atoms with Crippen LogP contribution in [-0.2, 0) is 13.0 Å². The zero-order chi connectivity index (χ0) is 22.7. The number of piperazine rings is 1. The largest absolute Gasteiger partial charge is 0.368 e. The van der Waals surface area contributed by atoms with Gasteiger partial charge in [-0.15, -0.1) is 10.2 Å². The van der Waals surface area contributed by atoms with Crippen molar-refractivity contribution in [1.29, 1.82) is 0 Å². The summed E-state index contributed by atoms with van der Waals surface area (Å²) in [6.07, 6.45) is -0.249. The van der Waals surface area contributed by atoms with Crippen LogP contribution in [0.15, 0.2) is 30.5 Å². The van der Waals surface area contributed by atoms with Crippen molar-refractivity contribution in [2.24, 2.45) is 5.92 Å². The molecule has 0 saturated carbocycles. The lowest BCUT2D eigenvalue weighted by atomic mass is 9.94. The number of anilines is 1. The van der Waals surface area contributed by atoms with Gasteiger partial charge in [0, 0.05) is 49.7 Å². The Morgan fingerprint density at radius 3 is 2.66 bits per heavy atom. The standard InChI is InChI=1S/C22H28F2N8/c1-14(2)9-16-10-18(21(23)24)20(22-27-29-30-28-22)19(11-16)32-8-7-31(15(3)12-32)13-17-5-4-6-25-26-17/h4-6,10-11,14-15,21H,7-9,12-13H2,1-3H3,(H,27,28,29,30). The van der Waals surface area contributed by atoms with Crippen molar-refractivity contribution < 1.29 is 8.78 Å². The normalized spacial score (nSPS) is 17.5. The number of nitrogens with one attached hydrogen (secondary N) is 1. The Bertz CT molecular complexity index is 1010. The van der Waals surface area contributed by atoms with Gasteiger partial charge < -0.3 is 4.90 Å². The number of hydrogen-bond acceptors (Lipinski definition) is 7. The summed E-state index contributed by atoms with van der Waals surface area (Å²) in [5.74, 6) is 0.549. The molecule has 170 valence electrons. The third kappa shape index (κ3) is 4.90. The summed E-state index contributed by atoms with van der Waals surface area (Å²) in [7, 11) is 0. The first-order valence-corrected chi connectivity index (χ1v) is 10.9. The van der Waals surface area contributed by atoms with E-state index < -0.39 is 6.43 Å². The van der Waals surface area contributed by atoms with Gasteiger partial charge in [0.15, 0.2) is 0 Å². The summed E-state index contributed by atoms with van der Waals surface area (Å²) in [6.45, 7) is 9.19. The SMILES string of the molecule is CC(C)Cc1cc(C(F)F)c(-c2nn[nH]n2)c(N2CCN(Cc3cccnn3)C(C)C2)c1. The van der Waals surface area contributed by atoms with Gasteiger partial charge in [-0.2, -0.15) is 15.4 Å². The summed E-state index contributed by atoms with van der Waals surface area (Å²) in [4.78, 5) is 4.50. The van der Waals surface area contributed by atoms with E-state index in [-0.39, 0.29) is 17.4 Å². The number of halogens is 2. The van der Waals surface area contributed by atoms with Gasteiger partial charge in [-0.25, -0.2) is 8.78 Å². The Morgan fingerprint density at radius 1 is 1.19 bits per heavy atom. The van der Waals surface area contributed by atoms with Crippen molar-refractivity contribution in [2.45, 2.75) is 46.2 Å². The van der Waals surface area contributed by atoms with E-state index in [1.54, 1.807) is 12.3 Å². The maximum Gasteiger partial charge on any atom is 0.264 e. The first kappa shape index (κ1) is 22.2. The van der Waals surface area contributed by atoms with Crippen LogP contribution >= 0.6 is 0 Å². The number of rotatable bonds is 7. The molecule has 3 aromatic rings. The van der Waals surface area contributed by atoms with Gasteiger partial charge in [0.2, 0.25) is 5.82 Å². The van der Waals surface area contributed by atoms with Gasteiger partial charge in [0.25, 0.3) is 6.43 Å². The predicted octanol–water partition coefficient (Wildman–Crippen LogP) is 3.50. The van der Waals surface area contributed by atoms with Crippen LogP contribution in [0.3, 0.4) is 0 Å². The van der Waals surface area contributed by atoms with Crippen molar-refractivity contribution in [3.8, 4) is 11.4 Å². The third-order valence-corrected chi connectivity index (χ3v) is 5.75. The lowest BCUT2D eigenvalue weighted by molar-refractivity contribution is 0.151. The first-order chi connectivity index (χ1) is 15.4. The quantitative estimate of drug-likeness (QED) is 0.599. The molecule has 0 bridgehead atoms. The van der Waals surface area contributed by atoms with Crippen molar-refractivity contribution in [2.75, 3.05) is 24.5 Å². The van der Waals surface area contributed by atoms with Gasteiger partial charge in [-0.3, -0.25) is 4.90 Å². The number of alkyl halides is 2. The van der Waals surface area contributed by atoms with Gasteiger partial charge >= 0.3 is 0 Å². The zero-order valence-electron chi connectivity index (χ0n) is 18.5. The molecule has 3 heterocycles. The molecule has 1 aliphatic heterocycles. The fraction of sp³-hybridized carbons (Fsp3) is 0.500. The molecule has 0 aliphatic carbocycles. The summed E-state index contributed by atoms with van der Waals surface area (Å²) in [5.41, 5.74) is 2.86. The van der Waals surface area contributed by atoms with Crippen molar-refractivity contribution in [3.63, 3.8) is 0 Å². The highest BCUT2D eigenvalue weighted by Gasteiger charge is 2.30. The summed E-state index contributed by atoms with van der Waals surface area (Å²) in [5, 5.41) is 22.2. The Hall–Kier alpha value is -3.01. The van der Waals surface area contributed by atoms with Crippen molar-refractivity contribution >= 4 is 5.69 Å².